The lowest BCUT2D eigenvalue weighted by molar-refractivity contribution is -0.132. The number of pyridine rings is 1. The van der Waals surface area contributed by atoms with Gasteiger partial charge >= 0.3 is 0 Å². The summed E-state index contributed by atoms with van der Waals surface area (Å²) in [6.07, 6.45) is 3.59. The van der Waals surface area contributed by atoms with Gasteiger partial charge in [-0.05, 0) is 35.7 Å². The number of nitrogens with zero attached hydrogens (tertiary/aromatic N) is 6. The van der Waals surface area contributed by atoms with Crippen LogP contribution in [0.1, 0.15) is 12.1 Å². The lowest BCUT2D eigenvalue weighted by Gasteiger charge is -2.35. The summed E-state index contributed by atoms with van der Waals surface area (Å²) in [4.78, 5) is 19.8. The summed E-state index contributed by atoms with van der Waals surface area (Å²) >= 11 is 1.45. The highest BCUT2D eigenvalue weighted by atomic mass is 32.1. The van der Waals surface area contributed by atoms with Crippen molar-refractivity contribution in [2.45, 2.75) is 25.6 Å². The van der Waals surface area contributed by atoms with Crippen LogP contribution in [-0.2, 0) is 29.7 Å². The molecule has 46 heavy (non-hydrogen) atoms. The highest BCUT2D eigenvalue weighted by molar-refractivity contribution is 7.18. The SMILES string of the molecule is C=CC(=O)N1Cc2cc3nn2C[C@H]1COCCCOc1cc(F)cc(F)c1-c1c-3nc(-c2ccc3c(cnn3C)c2)c2ccsc12. The molecular weight excluding hydrogens is 610 g/mol. The van der Waals surface area contributed by atoms with E-state index in [0.29, 0.717) is 55.4 Å². The van der Waals surface area contributed by atoms with Gasteiger partial charge in [-0.15, -0.1) is 11.3 Å². The Morgan fingerprint density at radius 1 is 1.11 bits per heavy atom. The van der Waals surface area contributed by atoms with Gasteiger partial charge in [-0.3, -0.25) is 14.2 Å². The van der Waals surface area contributed by atoms with E-state index in [0.717, 1.165) is 38.3 Å². The van der Waals surface area contributed by atoms with Crippen molar-refractivity contribution in [3.63, 3.8) is 0 Å². The fourth-order valence-electron chi connectivity index (χ4n) is 6.42. The first kappa shape index (κ1) is 28.5. The number of amides is 1. The molecule has 0 unspecified atom stereocenters. The molecule has 6 heterocycles. The highest BCUT2D eigenvalue weighted by Gasteiger charge is 2.32. The maximum atomic E-state index is 16.1. The van der Waals surface area contributed by atoms with E-state index in [4.69, 9.17) is 19.6 Å². The van der Waals surface area contributed by atoms with Crippen LogP contribution < -0.4 is 4.74 Å². The Morgan fingerprint density at radius 3 is 2.87 bits per heavy atom. The molecule has 0 saturated carbocycles. The number of halogens is 2. The number of rotatable bonds is 2. The average Bonchev–Trinajstić information content (AvgIpc) is 3.79. The van der Waals surface area contributed by atoms with Crippen molar-refractivity contribution in [2.75, 3.05) is 19.8 Å². The first-order chi connectivity index (χ1) is 22.4. The predicted octanol–water partition coefficient (Wildman–Crippen LogP) is 6.35. The van der Waals surface area contributed by atoms with E-state index >= 15 is 4.39 Å². The third kappa shape index (κ3) is 4.67. The van der Waals surface area contributed by atoms with Crippen molar-refractivity contribution in [3.8, 4) is 39.5 Å². The van der Waals surface area contributed by atoms with Gasteiger partial charge in [0.15, 0.2) is 0 Å². The lowest BCUT2D eigenvalue weighted by Crippen LogP contribution is -2.48. The number of ether oxygens (including phenoxy) is 2. The van der Waals surface area contributed by atoms with Gasteiger partial charge < -0.3 is 14.4 Å². The minimum Gasteiger partial charge on any atom is -0.493 e. The van der Waals surface area contributed by atoms with Crippen LogP contribution in [-0.4, -0.2) is 61.2 Å². The molecule has 232 valence electrons. The van der Waals surface area contributed by atoms with Crippen molar-refractivity contribution in [1.82, 2.24) is 29.4 Å². The summed E-state index contributed by atoms with van der Waals surface area (Å²) in [6, 6.07) is 11.7. The highest BCUT2D eigenvalue weighted by Crippen LogP contribution is 2.47. The second kappa shape index (κ2) is 11.1. The first-order valence-electron chi connectivity index (χ1n) is 14.9. The summed E-state index contributed by atoms with van der Waals surface area (Å²) in [5, 5.41) is 13.1. The molecule has 8 rings (SSSR count). The second-order valence-corrected chi connectivity index (χ2v) is 12.4. The Balaban J connectivity index is 1.41. The third-order valence-electron chi connectivity index (χ3n) is 8.62. The van der Waals surface area contributed by atoms with E-state index in [1.807, 2.05) is 58.3 Å². The number of aryl methyl sites for hydroxylation is 1. The molecule has 2 aliphatic heterocycles. The fraction of sp³-hybridized carbons (Fsp3) is 0.235. The molecule has 9 nitrogen and oxygen atoms in total. The van der Waals surface area contributed by atoms with E-state index in [1.54, 1.807) is 4.90 Å². The van der Waals surface area contributed by atoms with Crippen molar-refractivity contribution < 1.29 is 23.0 Å². The van der Waals surface area contributed by atoms with Gasteiger partial charge in [0.25, 0.3) is 0 Å². The van der Waals surface area contributed by atoms with Crippen molar-refractivity contribution >= 4 is 38.2 Å². The van der Waals surface area contributed by atoms with Gasteiger partial charge in [-0.1, -0.05) is 12.6 Å². The van der Waals surface area contributed by atoms with Crippen LogP contribution in [0.15, 0.2) is 66.7 Å². The summed E-state index contributed by atoms with van der Waals surface area (Å²) < 4.78 is 47.2. The van der Waals surface area contributed by atoms with E-state index in [2.05, 4.69) is 11.7 Å². The van der Waals surface area contributed by atoms with Gasteiger partial charge in [0.05, 0.1) is 61.0 Å². The van der Waals surface area contributed by atoms with Crippen LogP contribution in [0.25, 0.3) is 54.8 Å². The molecule has 0 radical (unpaired) electrons. The Labute approximate surface area is 266 Å². The van der Waals surface area contributed by atoms with Gasteiger partial charge in [0.1, 0.15) is 28.8 Å². The fourth-order valence-corrected chi connectivity index (χ4v) is 7.37. The zero-order valence-corrected chi connectivity index (χ0v) is 25.7. The van der Waals surface area contributed by atoms with E-state index in [1.165, 1.54) is 23.5 Å². The molecule has 2 aromatic carbocycles. The molecule has 3 bridgehead atoms. The molecule has 0 N–H and O–H groups in total. The molecule has 0 saturated heterocycles. The molecule has 1 atom stereocenters. The Bertz CT molecular complexity index is 2190. The summed E-state index contributed by atoms with van der Waals surface area (Å²) in [7, 11) is 1.89. The quantitative estimate of drug-likeness (QED) is 0.205. The minimum atomic E-state index is -0.760. The van der Waals surface area contributed by atoms with Crippen molar-refractivity contribution in [1.29, 1.82) is 0 Å². The van der Waals surface area contributed by atoms with E-state index in [9.17, 15) is 9.18 Å². The van der Waals surface area contributed by atoms with Crippen molar-refractivity contribution in [2.24, 2.45) is 7.05 Å². The number of carbonyl (C=O) groups excluding carboxylic acids is 1. The number of hydrogen-bond acceptors (Lipinski definition) is 7. The monoisotopic (exact) mass is 638 g/mol. The van der Waals surface area contributed by atoms with Crippen LogP contribution in [0.2, 0.25) is 0 Å². The first-order valence-corrected chi connectivity index (χ1v) is 15.8. The summed E-state index contributed by atoms with van der Waals surface area (Å²) in [5.41, 5.74) is 4.86. The number of hydrogen-bond donors (Lipinski definition) is 0. The predicted molar refractivity (Wildman–Crippen MR) is 171 cm³/mol. The molecular formula is C34H28F2N6O3S. The molecule has 6 aromatic rings. The smallest absolute Gasteiger partial charge is 0.246 e. The summed E-state index contributed by atoms with van der Waals surface area (Å²) in [6.45, 7) is 5.20. The van der Waals surface area contributed by atoms with Crippen LogP contribution in [0.5, 0.6) is 5.75 Å². The topological polar surface area (TPSA) is 87.3 Å². The van der Waals surface area contributed by atoms with Crippen LogP contribution >= 0.6 is 11.3 Å². The average molecular weight is 639 g/mol. The normalized spacial score (nSPS) is 16.5. The molecule has 0 aliphatic carbocycles. The number of carbonyl (C=O) groups is 1. The Hall–Kier alpha value is -4.94. The molecule has 0 spiro atoms. The number of thiophene rings is 1. The van der Waals surface area contributed by atoms with Gasteiger partial charge in [-0.2, -0.15) is 10.2 Å². The number of aromatic nitrogens is 5. The largest absolute Gasteiger partial charge is 0.493 e. The lowest BCUT2D eigenvalue weighted by atomic mass is 9.96. The number of benzene rings is 2. The van der Waals surface area contributed by atoms with Gasteiger partial charge in [0.2, 0.25) is 5.91 Å². The zero-order chi connectivity index (χ0) is 31.5. The Morgan fingerprint density at radius 2 is 2.00 bits per heavy atom. The van der Waals surface area contributed by atoms with Crippen molar-refractivity contribution in [3.05, 3.63) is 84.0 Å². The Kier molecular flexibility index (Phi) is 6.91. The second-order valence-electron chi connectivity index (χ2n) is 11.5. The standard InChI is InChI=1S/C34H28F2N6O3S/c1-3-29(43)41-16-22-14-26-33-31(34-24(7-10-46-34)32(38-33)19-5-6-27-20(11-19)15-37-40(27)2)30-25(36)12-21(35)13-28(30)45-9-4-8-44-18-23(41)17-42(22)39-26/h3,5-7,10-15,23H,1,4,8-9,16-18H2,2H3/t23-/m0/s1. The zero-order valence-electron chi connectivity index (χ0n) is 24.9. The van der Waals surface area contributed by atoms with E-state index < -0.39 is 11.6 Å². The molecule has 1 amide bonds. The maximum absolute atomic E-state index is 16.1. The molecule has 0 fully saturated rings. The van der Waals surface area contributed by atoms with E-state index in [-0.39, 0.29) is 29.9 Å². The minimum absolute atomic E-state index is 0.0852. The molecule has 2 aliphatic rings. The molecule has 12 heteroatoms. The molecule has 4 aromatic heterocycles. The van der Waals surface area contributed by atoms with Crippen LogP contribution in [0.4, 0.5) is 8.78 Å². The van der Waals surface area contributed by atoms with Crippen LogP contribution in [0.3, 0.4) is 0 Å². The summed E-state index contributed by atoms with van der Waals surface area (Å²) in [5.74, 6) is -1.61. The third-order valence-corrected chi connectivity index (χ3v) is 9.55. The van der Waals surface area contributed by atoms with Crippen LogP contribution in [0, 0.1) is 11.6 Å². The van der Waals surface area contributed by atoms with Gasteiger partial charge in [0, 0.05) is 58.8 Å². The maximum Gasteiger partial charge on any atom is 0.246 e. The van der Waals surface area contributed by atoms with Gasteiger partial charge in [-0.25, -0.2) is 13.8 Å². The number of fused-ring (bicyclic) bond motifs is 9.